The van der Waals surface area contributed by atoms with Crippen molar-refractivity contribution in [1.29, 1.82) is 0 Å². The zero-order chi connectivity index (χ0) is 11.7. The van der Waals surface area contributed by atoms with Crippen LogP contribution in [0.1, 0.15) is 24.4 Å². The first kappa shape index (κ1) is 10.9. The zero-order valence-electron chi connectivity index (χ0n) is 9.32. The van der Waals surface area contributed by atoms with Crippen molar-refractivity contribution in [2.75, 3.05) is 6.54 Å². The highest BCUT2D eigenvalue weighted by Gasteiger charge is 2.18. The van der Waals surface area contributed by atoms with E-state index in [4.69, 9.17) is 0 Å². The van der Waals surface area contributed by atoms with Gasteiger partial charge < -0.3 is 5.32 Å². The molecule has 1 fully saturated rings. The summed E-state index contributed by atoms with van der Waals surface area (Å²) in [5, 5.41) is 3.42. The molecule has 1 aromatic heterocycles. The van der Waals surface area contributed by atoms with Gasteiger partial charge >= 0.3 is 0 Å². The lowest BCUT2D eigenvalue weighted by molar-refractivity contribution is 0.471. The van der Waals surface area contributed by atoms with Gasteiger partial charge in [0.25, 0.3) is 0 Å². The summed E-state index contributed by atoms with van der Waals surface area (Å²) in [6, 6.07) is 6.53. The predicted molar refractivity (Wildman–Crippen MR) is 68.8 cm³/mol. The number of fused-ring (bicyclic) bond motifs is 1. The van der Waals surface area contributed by atoms with Crippen LogP contribution in [-0.2, 0) is 0 Å². The third kappa shape index (κ3) is 2.10. The van der Waals surface area contributed by atoms with Crippen LogP contribution in [0, 0.1) is 0 Å². The Bertz CT molecular complexity index is 561. The van der Waals surface area contributed by atoms with Crippen LogP contribution in [0.15, 0.2) is 35.6 Å². The lowest BCUT2D eigenvalue weighted by Crippen LogP contribution is -2.27. The van der Waals surface area contributed by atoms with Crippen LogP contribution in [-0.4, -0.2) is 11.5 Å². The molecule has 0 amide bonds. The molecule has 1 N–H and O–H groups in total. The van der Waals surface area contributed by atoms with E-state index in [0.717, 1.165) is 36.8 Å². The Morgan fingerprint density at radius 2 is 2.41 bits per heavy atom. The Hall–Kier alpha value is -1.26. The average molecular weight is 248 g/mol. The molecule has 3 rings (SSSR count). The van der Waals surface area contributed by atoms with E-state index in [9.17, 15) is 4.39 Å². The van der Waals surface area contributed by atoms with Crippen LogP contribution in [0.4, 0.5) is 4.39 Å². The number of hydrogen-bond donors (Lipinski definition) is 1. The van der Waals surface area contributed by atoms with Gasteiger partial charge in [-0.1, -0.05) is 6.07 Å². The first-order chi connectivity index (χ1) is 8.36. The lowest BCUT2D eigenvalue weighted by atomic mass is 9.94. The Morgan fingerprint density at radius 1 is 1.47 bits per heavy atom. The van der Waals surface area contributed by atoms with Crippen LogP contribution in [0.3, 0.4) is 0 Å². The SMILES string of the molecule is FC=C1CCNC(c2ccc3scnc3c2)C1. The van der Waals surface area contributed by atoms with Crippen LogP contribution in [0.5, 0.6) is 0 Å². The predicted octanol–water partition coefficient (Wildman–Crippen LogP) is 3.57. The van der Waals surface area contributed by atoms with E-state index in [0.29, 0.717) is 0 Å². The standard InChI is InChI=1S/C13H13FN2S/c14-7-9-3-4-15-11(5-9)10-1-2-13-12(6-10)16-8-17-13/h1-2,6-8,11,15H,3-5H2. The molecule has 1 aromatic carbocycles. The van der Waals surface area contributed by atoms with Gasteiger partial charge in [-0.2, -0.15) is 0 Å². The largest absolute Gasteiger partial charge is 0.309 e. The van der Waals surface area contributed by atoms with Crippen molar-refractivity contribution in [1.82, 2.24) is 10.3 Å². The third-order valence-corrected chi connectivity index (χ3v) is 4.02. The first-order valence-electron chi connectivity index (χ1n) is 5.71. The van der Waals surface area contributed by atoms with Crippen molar-refractivity contribution in [3.8, 4) is 0 Å². The van der Waals surface area contributed by atoms with Crippen molar-refractivity contribution >= 4 is 21.6 Å². The van der Waals surface area contributed by atoms with E-state index in [2.05, 4.69) is 28.5 Å². The fourth-order valence-electron chi connectivity index (χ4n) is 2.27. The average Bonchev–Trinajstić information content (AvgIpc) is 2.86. The molecule has 1 aliphatic heterocycles. The second kappa shape index (κ2) is 4.55. The quantitative estimate of drug-likeness (QED) is 0.834. The molecule has 1 aliphatic rings. The number of halogens is 1. The van der Waals surface area contributed by atoms with Gasteiger partial charge in [0, 0.05) is 6.04 Å². The normalized spacial score (nSPS) is 23.4. The van der Waals surface area contributed by atoms with Gasteiger partial charge in [-0.25, -0.2) is 9.37 Å². The lowest BCUT2D eigenvalue weighted by Gasteiger charge is -2.25. The van der Waals surface area contributed by atoms with Crippen molar-refractivity contribution in [3.05, 3.63) is 41.2 Å². The Balaban J connectivity index is 1.92. The summed E-state index contributed by atoms with van der Waals surface area (Å²) in [6.07, 6.45) is 2.33. The molecule has 17 heavy (non-hydrogen) atoms. The summed E-state index contributed by atoms with van der Waals surface area (Å²) in [6.45, 7) is 0.843. The molecule has 88 valence electrons. The zero-order valence-corrected chi connectivity index (χ0v) is 10.1. The number of rotatable bonds is 1. The molecule has 2 nitrogen and oxygen atoms in total. The number of aromatic nitrogens is 1. The molecular formula is C13H13FN2S. The molecular weight excluding hydrogens is 235 g/mol. The molecule has 0 saturated carbocycles. The molecule has 1 saturated heterocycles. The number of thiazole rings is 1. The number of nitrogens with one attached hydrogen (secondary N) is 1. The molecule has 4 heteroatoms. The Kier molecular flexibility index (Phi) is 2.91. The van der Waals surface area contributed by atoms with Gasteiger partial charge in [0.1, 0.15) is 0 Å². The summed E-state index contributed by atoms with van der Waals surface area (Å²) < 4.78 is 13.8. The molecule has 1 unspecified atom stereocenters. The van der Waals surface area contributed by atoms with Gasteiger partial charge in [-0.05, 0) is 42.7 Å². The maximum atomic E-state index is 12.6. The van der Waals surface area contributed by atoms with Gasteiger partial charge in [-0.3, -0.25) is 0 Å². The Morgan fingerprint density at radius 3 is 3.29 bits per heavy atom. The van der Waals surface area contributed by atoms with Gasteiger partial charge in [0.2, 0.25) is 0 Å². The van der Waals surface area contributed by atoms with E-state index >= 15 is 0 Å². The highest BCUT2D eigenvalue weighted by molar-refractivity contribution is 7.16. The Labute approximate surface area is 103 Å². The maximum absolute atomic E-state index is 12.6. The minimum absolute atomic E-state index is 0.219. The molecule has 2 aromatic rings. The van der Waals surface area contributed by atoms with Gasteiger partial charge in [-0.15, -0.1) is 11.3 Å². The molecule has 0 bridgehead atoms. The van der Waals surface area contributed by atoms with Crippen LogP contribution < -0.4 is 5.32 Å². The fourth-order valence-corrected chi connectivity index (χ4v) is 2.93. The highest BCUT2D eigenvalue weighted by Crippen LogP contribution is 2.29. The minimum Gasteiger partial charge on any atom is -0.309 e. The molecule has 0 spiro atoms. The van der Waals surface area contributed by atoms with E-state index in [1.54, 1.807) is 11.3 Å². The third-order valence-electron chi connectivity index (χ3n) is 3.21. The number of hydrogen-bond acceptors (Lipinski definition) is 3. The second-order valence-corrected chi connectivity index (χ2v) is 5.19. The van der Waals surface area contributed by atoms with Crippen LogP contribution in [0.25, 0.3) is 10.2 Å². The summed E-state index contributed by atoms with van der Waals surface area (Å²) >= 11 is 1.64. The smallest absolute Gasteiger partial charge is 0.0860 e. The summed E-state index contributed by atoms with van der Waals surface area (Å²) in [4.78, 5) is 4.32. The summed E-state index contributed by atoms with van der Waals surface area (Å²) in [5.74, 6) is 0. The van der Waals surface area contributed by atoms with Gasteiger partial charge in [0.15, 0.2) is 0 Å². The molecule has 1 atom stereocenters. The van der Waals surface area contributed by atoms with Crippen LogP contribution >= 0.6 is 11.3 Å². The first-order valence-corrected chi connectivity index (χ1v) is 6.59. The van der Waals surface area contributed by atoms with Crippen molar-refractivity contribution in [2.45, 2.75) is 18.9 Å². The molecule has 0 aliphatic carbocycles. The van der Waals surface area contributed by atoms with E-state index in [-0.39, 0.29) is 6.04 Å². The minimum atomic E-state index is 0.219. The topological polar surface area (TPSA) is 24.9 Å². The van der Waals surface area contributed by atoms with E-state index in [1.165, 1.54) is 10.3 Å². The van der Waals surface area contributed by atoms with Crippen molar-refractivity contribution in [3.63, 3.8) is 0 Å². The van der Waals surface area contributed by atoms with Gasteiger partial charge in [0.05, 0.1) is 22.1 Å². The second-order valence-electron chi connectivity index (χ2n) is 4.31. The monoisotopic (exact) mass is 248 g/mol. The van der Waals surface area contributed by atoms with Crippen molar-refractivity contribution < 1.29 is 4.39 Å². The number of benzene rings is 1. The van der Waals surface area contributed by atoms with E-state index < -0.39 is 0 Å². The van der Waals surface area contributed by atoms with Crippen LogP contribution in [0.2, 0.25) is 0 Å². The number of nitrogens with zero attached hydrogens (tertiary/aromatic N) is 1. The highest BCUT2D eigenvalue weighted by atomic mass is 32.1. The van der Waals surface area contributed by atoms with Crippen molar-refractivity contribution in [2.24, 2.45) is 0 Å². The summed E-state index contributed by atoms with van der Waals surface area (Å²) in [7, 11) is 0. The molecule has 2 heterocycles. The number of piperidine rings is 1. The molecule has 0 radical (unpaired) electrons. The maximum Gasteiger partial charge on any atom is 0.0860 e. The summed E-state index contributed by atoms with van der Waals surface area (Å²) in [5.41, 5.74) is 4.98. The fraction of sp³-hybridized carbons (Fsp3) is 0.308. The van der Waals surface area contributed by atoms with E-state index in [1.807, 2.05) is 5.51 Å².